The Labute approximate surface area is 223 Å². The molecule has 38 heavy (non-hydrogen) atoms. The molecule has 10 nitrogen and oxygen atoms in total. The molecule has 2 aromatic rings. The summed E-state index contributed by atoms with van der Waals surface area (Å²) in [6.45, 7) is 5.01. The number of aliphatic hydroxyl groups excluding tert-OH is 1. The number of nitrogens with two attached hydrogens (primary N) is 1. The molecule has 0 bridgehead atoms. The molecular weight excluding hydrogens is 488 g/mol. The summed E-state index contributed by atoms with van der Waals surface area (Å²) >= 11 is 0. The highest BCUT2D eigenvalue weighted by molar-refractivity contribution is 5.94. The number of aliphatic hydroxyl groups is 1. The Morgan fingerprint density at radius 2 is 1.24 bits per heavy atom. The molecule has 5 atom stereocenters. The van der Waals surface area contributed by atoms with Gasteiger partial charge in [-0.05, 0) is 36.8 Å². The van der Waals surface area contributed by atoms with Gasteiger partial charge in [0.05, 0.1) is 12.1 Å². The summed E-state index contributed by atoms with van der Waals surface area (Å²) in [6, 6.07) is 13.4. The molecule has 0 spiro atoms. The van der Waals surface area contributed by atoms with Crippen LogP contribution in [-0.4, -0.2) is 64.2 Å². The molecule has 3 amide bonds. The number of carboxylic acid groups (broad SMARTS) is 1. The van der Waals surface area contributed by atoms with E-state index in [9.17, 15) is 29.4 Å². The van der Waals surface area contributed by atoms with E-state index < -0.39 is 54.0 Å². The summed E-state index contributed by atoms with van der Waals surface area (Å²) in [5.41, 5.74) is 7.59. The average Bonchev–Trinajstić information content (AvgIpc) is 2.86. The third kappa shape index (κ3) is 9.95. The lowest BCUT2D eigenvalue weighted by Crippen LogP contribution is -2.60. The van der Waals surface area contributed by atoms with Crippen molar-refractivity contribution in [3.63, 3.8) is 0 Å². The molecule has 0 aliphatic carbocycles. The second-order valence-corrected chi connectivity index (χ2v) is 9.80. The van der Waals surface area contributed by atoms with Crippen molar-refractivity contribution in [1.82, 2.24) is 16.0 Å². The summed E-state index contributed by atoms with van der Waals surface area (Å²) in [4.78, 5) is 50.7. The Balaban J connectivity index is 2.17. The SMILES string of the molecule is CC(C)CC(NC(=O)C(Cc1ccccc1)NC(=O)C(NC(=O)C(N)Cc1ccccc1)C(C)O)C(=O)O. The van der Waals surface area contributed by atoms with Gasteiger partial charge in [0, 0.05) is 6.42 Å². The first-order valence-electron chi connectivity index (χ1n) is 12.6. The van der Waals surface area contributed by atoms with E-state index in [4.69, 9.17) is 5.73 Å². The van der Waals surface area contributed by atoms with Gasteiger partial charge in [-0.25, -0.2) is 4.79 Å². The van der Waals surface area contributed by atoms with E-state index in [1.165, 1.54) is 6.92 Å². The van der Waals surface area contributed by atoms with Crippen LogP contribution in [0.3, 0.4) is 0 Å². The number of nitrogens with one attached hydrogen (secondary N) is 3. The van der Waals surface area contributed by atoms with E-state index in [0.717, 1.165) is 11.1 Å². The van der Waals surface area contributed by atoms with Gasteiger partial charge in [-0.1, -0.05) is 74.5 Å². The van der Waals surface area contributed by atoms with Gasteiger partial charge in [0.2, 0.25) is 17.7 Å². The smallest absolute Gasteiger partial charge is 0.326 e. The number of carboxylic acids is 1. The van der Waals surface area contributed by atoms with Gasteiger partial charge >= 0.3 is 5.97 Å². The van der Waals surface area contributed by atoms with Crippen LogP contribution in [0.4, 0.5) is 0 Å². The Kier molecular flexibility index (Phi) is 11.9. The fraction of sp³-hybridized carbons (Fsp3) is 0.429. The normalized spacial score (nSPS) is 15.0. The molecule has 7 N–H and O–H groups in total. The van der Waals surface area contributed by atoms with Crippen molar-refractivity contribution >= 4 is 23.7 Å². The Bertz CT molecular complexity index is 1060. The first-order valence-corrected chi connectivity index (χ1v) is 12.6. The van der Waals surface area contributed by atoms with Crippen molar-refractivity contribution in [3.05, 3.63) is 71.8 Å². The van der Waals surface area contributed by atoms with E-state index in [-0.39, 0.29) is 25.2 Å². The number of hydrogen-bond donors (Lipinski definition) is 6. The molecule has 5 unspecified atom stereocenters. The van der Waals surface area contributed by atoms with Gasteiger partial charge in [-0.3, -0.25) is 14.4 Å². The van der Waals surface area contributed by atoms with E-state index >= 15 is 0 Å². The van der Waals surface area contributed by atoms with Crippen molar-refractivity contribution in [3.8, 4) is 0 Å². The standard InChI is InChI=1S/C28H38N4O6/c1-17(2)14-23(28(37)38)31-26(35)22(16-20-12-8-5-9-13-20)30-27(36)24(18(3)33)32-25(34)21(29)15-19-10-6-4-7-11-19/h4-13,17-18,21-24,33H,14-16,29H2,1-3H3,(H,30,36)(H,31,35)(H,32,34)(H,37,38). The predicted octanol–water partition coefficient (Wildman–Crippen LogP) is 0.765. The zero-order chi connectivity index (χ0) is 28.2. The van der Waals surface area contributed by atoms with Crippen LogP contribution in [0.25, 0.3) is 0 Å². The summed E-state index contributed by atoms with van der Waals surface area (Å²) < 4.78 is 0. The van der Waals surface area contributed by atoms with Crippen LogP contribution in [0.15, 0.2) is 60.7 Å². The molecule has 10 heteroatoms. The Hall–Kier alpha value is -3.76. The molecule has 2 aromatic carbocycles. The third-order valence-electron chi connectivity index (χ3n) is 5.94. The minimum atomic E-state index is -1.39. The maximum atomic E-state index is 13.2. The van der Waals surface area contributed by atoms with Crippen molar-refractivity contribution in [1.29, 1.82) is 0 Å². The van der Waals surface area contributed by atoms with E-state index in [0.29, 0.717) is 0 Å². The summed E-state index contributed by atoms with van der Waals surface area (Å²) in [7, 11) is 0. The highest BCUT2D eigenvalue weighted by Gasteiger charge is 2.32. The number of aliphatic carboxylic acids is 1. The van der Waals surface area contributed by atoms with Crippen molar-refractivity contribution in [2.45, 2.75) is 70.3 Å². The molecule has 2 rings (SSSR count). The van der Waals surface area contributed by atoms with E-state index in [2.05, 4.69) is 16.0 Å². The van der Waals surface area contributed by atoms with Crippen LogP contribution in [0, 0.1) is 5.92 Å². The molecule has 0 radical (unpaired) electrons. The summed E-state index contributed by atoms with van der Waals surface area (Å²) in [6.07, 6.45) is -0.790. The molecule has 206 valence electrons. The molecule has 0 saturated carbocycles. The largest absolute Gasteiger partial charge is 0.480 e. The first-order chi connectivity index (χ1) is 18.0. The lowest BCUT2D eigenvalue weighted by atomic mass is 10.0. The minimum Gasteiger partial charge on any atom is -0.480 e. The van der Waals surface area contributed by atoms with Crippen molar-refractivity contribution < 1.29 is 29.4 Å². The second kappa shape index (κ2) is 14.8. The second-order valence-electron chi connectivity index (χ2n) is 9.80. The molecule has 0 saturated heterocycles. The number of carbonyl (C=O) groups excluding carboxylic acids is 3. The van der Waals surface area contributed by atoms with Gasteiger partial charge in [0.1, 0.15) is 18.1 Å². The maximum absolute atomic E-state index is 13.2. The van der Waals surface area contributed by atoms with Gasteiger partial charge < -0.3 is 31.9 Å². The summed E-state index contributed by atoms with van der Waals surface area (Å²) in [5.74, 6) is -3.30. The van der Waals surface area contributed by atoms with Gasteiger partial charge in [-0.15, -0.1) is 0 Å². The Morgan fingerprint density at radius 1 is 0.737 bits per heavy atom. The molecular formula is C28H38N4O6. The lowest BCUT2D eigenvalue weighted by molar-refractivity contribution is -0.143. The highest BCUT2D eigenvalue weighted by atomic mass is 16.4. The molecule has 0 aliphatic rings. The number of benzene rings is 2. The maximum Gasteiger partial charge on any atom is 0.326 e. The number of rotatable bonds is 14. The molecule has 0 aliphatic heterocycles. The fourth-order valence-electron chi connectivity index (χ4n) is 3.91. The topological polar surface area (TPSA) is 171 Å². The average molecular weight is 527 g/mol. The predicted molar refractivity (Wildman–Crippen MR) is 143 cm³/mol. The number of hydrogen-bond acceptors (Lipinski definition) is 6. The van der Waals surface area contributed by atoms with Gasteiger partial charge in [0.25, 0.3) is 0 Å². The Morgan fingerprint density at radius 3 is 1.71 bits per heavy atom. The van der Waals surface area contributed by atoms with Crippen molar-refractivity contribution in [2.75, 3.05) is 0 Å². The van der Waals surface area contributed by atoms with E-state index in [1.807, 2.05) is 44.2 Å². The van der Waals surface area contributed by atoms with E-state index in [1.54, 1.807) is 30.3 Å². The van der Waals surface area contributed by atoms with Gasteiger partial charge in [0.15, 0.2) is 0 Å². The lowest BCUT2D eigenvalue weighted by Gasteiger charge is -2.27. The van der Waals surface area contributed by atoms with Crippen LogP contribution in [-0.2, 0) is 32.0 Å². The van der Waals surface area contributed by atoms with Gasteiger partial charge in [-0.2, -0.15) is 0 Å². The van der Waals surface area contributed by atoms with Crippen LogP contribution in [0.1, 0.15) is 38.3 Å². The van der Waals surface area contributed by atoms with Crippen molar-refractivity contribution in [2.24, 2.45) is 11.7 Å². The fourth-order valence-corrected chi connectivity index (χ4v) is 3.91. The third-order valence-corrected chi connectivity index (χ3v) is 5.94. The van der Waals surface area contributed by atoms with Crippen LogP contribution >= 0.6 is 0 Å². The minimum absolute atomic E-state index is 0.00786. The van der Waals surface area contributed by atoms with Crippen LogP contribution < -0.4 is 21.7 Å². The molecule has 0 fully saturated rings. The van der Waals surface area contributed by atoms with Crippen LogP contribution in [0.5, 0.6) is 0 Å². The number of carbonyl (C=O) groups is 4. The highest BCUT2D eigenvalue weighted by Crippen LogP contribution is 2.09. The zero-order valence-corrected chi connectivity index (χ0v) is 22.0. The molecule has 0 heterocycles. The quantitative estimate of drug-likeness (QED) is 0.211. The number of amides is 3. The van der Waals surface area contributed by atoms with Crippen LogP contribution in [0.2, 0.25) is 0 Å². The summed E-state index contributed by atoms with van der Waals surface area (Å²) in [5, 5.41) is 27.4. The monoisotopic (exact) mass is 526 g/mol. The first kappa shape index (κ1) is 30.5. The zero-order valence-electron chi connectivity index (χ0n) is 22.0. The molecule has 0 aromatic heterocycles.